The van der Waals surface area contributed by atoms with E-state index in [4.69, 9.17) is 4.74 Å². The maximum atomic E-state index is 14.8. The van der Waals surface area contributed by atoms with Crippen LogP contribution in [0.5, 0.6) is 5.75 Å². The molecule has 0 unspecified atom stereocenters. The molecule has 2 N–H and O–H groups in total. The van der Waals surface area contributed by atoms with Gasteiger partial charge in [0.1, 0.15) is 11.6 Å². The molecule has 136 valence electrons. The number of anilines is 1. The second-order valence-corrected chi connectivity index (χ2v) is 7.21. The van der Waals surface area contributed by atoms with Gasteiger partial charge in [0.05, 0.1) is 18.2 Å². The highest BCUT2D eigenvalue weighted by Gasteiger charge is 2.51. The smallest absolute Gasteiger partial charge is 0.235 e. The number of benzene rings is 2. The zero-order chi connectivity index (χ0) is 18.3. The third kappa shape index (κ3) is 2.76. The molecule has 0 atom stereocenters. The van der Waals surface area contributed by atoms with Crippen LogP contribution in [0.4, 0.5) is 10.1 Å². The van der Waals surface area contributed by atoms with Gasteiger partial charge in [-0.1, -0.05) is 18.2 Å². The van der Waals surface area contributed by atoms with Crippen LogP contribution in [0.15, 0.2) is 30.3 Å². The summed E-state index contributed by atoms with van der Waals surface area (Å²) >= 11 is 0. The van der Waals surface area contributed by atoms with Crippen molar-refractivity contribution in [1.82, 2.24) is 5.32 Å². The van der Waals surface area contributed by atoms with Crippen LogP contribution in [-0.2, 0) is 23.2 Å². The molecule has 0 saturated heterocycles. The predicted molar refractivity (Wildman–Crippen MR) is 99.1 cm³/mol. The minimum absolute atomic E-state index is 0.142. The first-order valence-corrected chi connectivity index (χ1v) is 9.03. The van der Waals surface area contributed by atoms with E-state index >= 15 is 0 Å². The third-order valence-electron chi connectivity index (χ3n) is 5.60. The number of ether oxygens (including phenoxy) is 1. The average Bonchev–Trinajstić information content (AvgIpc) is 3.46. The first kappa shape index (κ1) is 17.0. The molecule has 26 heavy (non-hydrogen) atoms. The Bertz CT molecular complexity index is 875. The first-order chi connectivity index (χ1) is 12.5. The summed E-state index contributed by atoms with van der Waals surface area (Å²) < 4.78 is 20.2. The van der Waals surface area contributed by atoms with Crippen molar-refractivity contribution in [2.75, 3.05) is 19.0 Å². The molecule has 1 amide bonds. The second-order valence-electron chi connectivity index (χ2n) is 7.21. The number of hydrogen-bond donors (Lipinski definition) is 2. The summed E-state index contributed by atoms with van der Waals surface area (Å²) in [4.78, 5) is 13.0. The number of carbonyl (C=O) groups excluding carboxylic acids is 1. The standard InChI is InChI=1S/C21H23FN2O2/c1-13-3-5-15(11-18(13)26-2)21(8-9-21)20(25)24-17-6-4-14-12-23-10-7-16(14)19(17)22/h3-6,11,23H,7-10,12H2,1-2H3,(H,24,25). The Balaban J connectivity index is 1.61. The predicted octanol–water partition coefficient (Wildman–Crippen LogP) is 3.46. The second kappa shape index (κ2) is 6.40. The van der Waals surface area contributed by atoms with Gasteiger partial charge in [-0.3, -0.25) is 4.79 Å². The summed E-state index contributed by atoms with van der Waals surface area (Å²) in [5.74, 6) is 0.333. The third-order valence-corrected chi connectivity index (χ3v) is 5.60. The van der Waals surface area contributed by atoms with Crippen LogP contribution >= 0.6 is 0 Å². The van der Waals surface area contributed by atoms with Crippen molar-refractivity contribution in [2.24, 2.45) is 0 Å². The van der Waals surface area contributed by atoms with Crippen molar-refractivity contribution >= 4 is 11.6 Å². The van der Waals surface area contributed by atoms with Gasteiger partial charge >= 0.3 is 0 Å². The maximum Gasteiger partial charge on any atom is 0.235 e. The van der Waals surface area contributed by atoms with Gasteiger partial charge in [-0.15, -0.1) is 0 Å². The highest BCUT2D eigenvalue weighted by molar-refractivity contribution is 6.01. The summed E-state index contributed by atoms with van der Waals surface area (Å²) in [7, 11) is 1.63. The van der Waals surface area contributed by atoms with Gasteiger partial charge in [0, 0.05) is 6.54 Å². The number of fused-ring (bicyclic) bond motifs is 1. The highest BCUT2D eigenvalue weighted by Crippen LogP contribution is 2.50. The Kier molecular flexibility index (Phi) is 4.19. The summed E-state index contributed by atoms with van der Waals surface area (Å²) in [5.41, 5.74) is 3.34. The summed E-state index contributed by atoms with van der Waals surface area (Å²) in [6.07, 6.45) is 2.17. The van der Waals surface area contributed by atoms with Gasteiger partial charge in [0.2, 0.25) is 5.91 Å². The Hall–Kier alpha value is -2.40. The van der Waals surface area contributed by atoms with Crippen LogP contribution in [0.3, 0.4) is 0 Å². The van der Waals surface area contributed by atoms with Gasteiger partial charge in [-0.2, -0.15) is 0 Å². The van der Waals surface area contributed by atoms with Gasteiger partial charge in [-0.25, -0.2) is 4.39 Å². The van der Waals surface area contributed by atoms with Crippen molar-refractivity contribution < 1.29 is 13.9 Å². The van der Waals surface area contributed by atoms with Gasteiger partial charge in [-0.05, 0) is 67.1 Å². The quantitative estimate of drug-likeness (QED) is 0.884. The van der Waals surface area contributed by atoms with Crippen molar-refractivity contribution in [1.29, 1.82) is 0 Å². The number of aryl methyl sites for hydroxylation is 1. The van der Waals surface area contributed by atoms with Crippen LogP contribution in [0.2, 0.25) is 0 Å². The van der Waals surface area contributed by atoms with E-state index in [9.17, 15) is 9.18 Å². The topological polar surface area (TPSA) is 50.4 Å². The highest BCUT2D eigenvalue weighted by atomic mass is 19.1. The number of hydrogen-bond acceptors (Lipinski definition) is 3. The van der Waals surface area contributed by atoms with Crippen LogP contribution in [0, 0.1) is 12.7 Å². The Labute approximate surface area is 152 Å². The molecule has 4 rings (SSSR count). The Morgan fingerprint density at radius 1 is 1.27 bits per heavy atom. The van der Waals surface area contributed by atoms with Crippen molar-refractivity contribution in [3.8, 4) is 5.75 Å². The normalized spacial score (nSPS) is 17.3. The van der Waals surface area contributed by atoms with E-state index in [1.165, 1.54) is 0 Å². The fourth-order valence-electron chi connectivity index (χ4n) is 3.76. The molecule has 2 aliphatic rings. The van der Waals surface area contributed by atoms with Gasteiger partial charge in [0.15, 0.2) is 0 Å². The monoisotopic (exact) mass is 354 g/mol. The molecule has 4 nitrogen and oxygen atoms in total. The summed E-state index contributed by atoms with van der Waals surface area (Å²) in [6, 6.07) is 9.43. The zero-order valence-electron chi connectivity index (χ0n) is 15.1. The Morgan fingerprint density at radius 3 is 2.81 bits per heavy atom. The minimum atomic E-state index is -0.578. The fraction of sp³-hybridized carbons (Fsp3) is 0.381. The molecular weight excluding hydrogens is 331 g/mol. The van der Waals surface area contributed by atoms with Crippen LogP contribution in [-0.4, -0.2) is 19.6 Å². The van der Waals surface area contributed by atoms with E-state index in [1.54, 1.807) is 13.2 Å². The number of carbonyl (C=O) groups is 1. The summed E-state index contributed by atoms with van der Waals surface area (Å²) in [6.45, 7) is 3.40. The molecule has 0 radical (unpaired) electrons. The molecule has 1 saturated carbocycles. The van der Waals surface area contributed by atoms with E-state index in [0.717, 1.165) is 41.8 Å². The fourth-order valence-corrected chi connectivity index (χ4v) is 3.76. The molecule has 2 aromatic rings. The number of halogens is 1. The molecule has 0 aromatic heterocycles. The molecule has 0 spiro atoms. The Morgan fingerprint density at radius 2 is 2.08 bits per heavy atom. The molecule has 1 aliphatic carbocycles. The molecule has 1 heterocycles. The number of rotatable bonds is 4. The number of nitrogens with one attached hydrogen (secondary N) is 2. The van der Waals surface area contributed by atoms with E-state index < -0.39 is 5.41 Å². The summed E-state index contributed by atoms with van der Waals surface area (Å²) in [5, 5.41) is 6.07. The van der Waals surface area contributed by atoms with Crippen molar-refractivity contribution in [3.05, 3.63) is 58.4 Å². The lowest BCUT2D eigenvalue weighted by Crippen LogP contribution is -2.29. The van der Waals surface area contributed by atoms with Crippen LogP contribution in [0.1, 0.15) is 35.1 Å². The number of methoxy groups -OCH3 is 1. The lowest BCUT2D eigenvalue weighted by Gasteiger charge is -2.21. The molecule has 1 aliphatic heterocycles. The molecule has 2 aromatic carbocycles. The van der Waals surface area contributed by atoms with Crippen LogP contribution in [0.25, 0.3) is 0 Å². The molecular formula is C21H23FN2O2. The zero-order valence-corrected chi connectivity index (χ0v) is 15.1. The maximum absolute atomic E-state index is 14.8. The van der Waals surface area contributed by atoms with E-state index in [2.05, 4.69) is 10.6 Å². The molecule has 5 heteroatoms. The van der Waals surface area contributed by atoms with Gasteiger partial charge in [0.25, 0.3) is 0 Å². The van der Waals surface area contributed by atoms with Crippen LogP contribution < -0.4 is 15.4 Å². The largest absolute Gasteiger partial charge is 0.496 e. The minimum Gasteiger partial charge on any atom is -0.496 e. The SMILES string of the molecule is COc1cc(C2(C(=O)Nc3ccc4c(c3F)CCNC4)CC2)ccc1C. The lowest BCUT2D eigenvalue weighted by atomic mass is 9.93. The van der Waals surface area contributed by atoms with Crippen molar-refractivity contribution in [3.63, 3.8) is 0 Å². The average molecular weight is 354 g/mol. The first-order valence-electron chi connectivity index (χ1n) is 9.03. The van der Waals surface area contributed by atoms with Gasteiger partial charge < -0.3 is 15.4 Å². The van der Waals surface area contributed by atoms with E-state index in [1.807, 2.05) is 31.2 Å². The lowest BCUT2D eigenvalue weighted by molar-refractivity contribution is -0.118. The molecule has 1 fully saturated rings. The molecule has 0 bridgehead atoms. The number of amides is 1. The van der Waals surface area contributed by atoms with E-state index in [-0.39, 0.29) is 17.4 Å². The van der Waals surface area contributed by atoms with E-state index in [0.29, 0.717) is 18.5 Å². The van der Waals surface area contributed by atoms with Crippen molar-refractivity contribution in [2.45, 2.75) is 38.1 Å².